The number of aromatic nitrogens is 1. The minimum absolute atomic E-state index is 0.749. The average Bonchev–Trinajstić information content (AvgIpc) is 2.75. The molecule has 0 aliphatic rings. The van der Waals surface area contributed by atoms with Gasteiger partial charge in [-0.3, -0.25) is 0 Å². The normalized spacial score (nSPS) is 10.6. The SMILES string of the molecule is CCNCc1cc(-c2cccc(Cl)c2)ns1. The van der Waals surface area contributed by atoms with Crippen LogP contribution in [0.1, 0.15) is 11.8 Å². The van der Waals surface area contributed by atoms with E-state index in [9.17, 15) is 0 Å². The van der Waals surface area contributed by atoms with E-state index >= 15 is 0 Å². The van der Waals surface area contributed by atoms with Crippen LogP contribution >= 0.6 is 23.1 Å². The minimum Gasteiger partial charge on any atom is -0.312 e. The Labute approximate surface area is 104 Å². The maximum atomic E-state index is 5.95. The van der Waals surface area contributed by atoms with Gasteiger partial charge in [0, 0.05) is 22.0 Å². The van der Waals surface area contributed by atoms with Gasteiger partial charge in [-0.05, 0) is 36.3 Å². The molecule has 0 spiro atoms. The Bertz CT molecular complexity index is 468. The molecule has 0 bridgehead atoms. The van der Waals surface area contributed by atoms with E-state index in [1.54, 1.807) is 0 Å². The van der Waals surface area contributed by atoms with E-state index in [2.05, 4.69) is 22.7 Å². The van der Waals surface area contributed by atoms with Gasteiger partial charge < -0.3 is 5.32 Å². The lowest BCUT2D eigenvalue weighted by atomic mass is 10.1. The summed E-state index contributed by atoms with van der Waals surface area (Å²) in [5.74, 6) is 0. The maximum absolute atomic E-state index is 5.95. The molecule has 1 aromatic heterocycles. The fourth-order valence-electron chi connectivity index (χ4n) is 1.43. The van der Waals surface area contributed by atoms with E-state index in [-0.39, 0.29) is 0 Å². The highest BCUT2D eigenvalue weighted by Gasteiger charge is 2.04. The third kappa shape index (κ3) is 2.82. The van der Waals surface area contributed by atoms with Crippen molar-refractivity contribution in [3.05, 3.63) is 40.2 Å². The molecule has 1 heterocycles. The number of benzene rings is 1. The van der Waals surface area contributed by atoms with Gasteiger partial charge in [-0.25, -0.2) is 0 Å². The van der Waals surface area contributed by atoms with Crippen LogP contribution in [0.3, 0.4) is 0 Å². The Balaban J connectivity index is 2.18. The van der Waals surface area contributed by atoms with Crippen molar-refractivity contribution in [3.63, 3.8) is 0 Å². The lowest BCUT2D eigenvalue weighted by Crippen LogP contribution is -2.10. The molecule has 0 amide bonds. The van der Waals surface area contributed by atoms with Crippen molar-refractivity contribution in [2.45, 2.75) is 13.5 Å². The van der Waals surface area contributed by atoms with Gasteiger partial charge in [-0.1, -0.05) is 30.7 Å². The number of hydrogen-bond donors (Lipinski definition) is 1. The topological polar surface area (TPSA) is 24.9 Å². The Morgan fingerprint density at radius 1 is 1.38 bits per heavy atom. The molecule has 2 rings (SSSR count). The number of rotatable bonds is 4. The van der Waals surface area contributed by atoms with E-state index in [0.717, 1.165) is 29.4 Å². The maximum Gasteiger partial charge on any atom is 0.0844 e. The molecule has 0 atom stereocenters. The van der Waals surface area contributed by atoms with Gasteiger partial charge in [-0.15, -0.1) is 0 Å². The lowest BCUT2D eigenvalue weighted by Gasteiger charge is -1.96. The lowest BCUT2D eigenvalue weighted by molar-refractivity contribution is 0.735. The fraction of sp³-hybridized carbons (Fsp3) is 0.250. The van der Waals surface area contributed by atoms with Gasteiger partial charge in [0.25, 0.3) is 0 Å². The molecule has 84 valence electrons. The Morgan fingerprint density at radius 2 is 2.25 bits per heavy atom. The van der Waals surface area contributed by atoms with Crippen molar-refractivity contribution < 1.29 is 0 Å². The van der Waals surface area contributed by atoms with Gasteiger partial charge in [0.1, 0.15) is 0 Å². The predicted molar refractivity (Wildman–Crippen MR) is 69.9 cm³/mol. The number of halogens is 1. The average molecular weight is 253 g/mol. The summed E-state index contributed by atoms with van der Waals surface area (Å²) in [5.41, 5.74) is 2.08. The van der Waals surface area contributed by atoms with Crippen molar-refractivity contribution >= 4 is 23.1 Å². The summed E-state index contributed by atoms with van der Waals surface area (Å²) in [7, 11) is 0. The van der Waals surface area contributed by atoms with Gasteiger partial charge >= 0.3 is 0 Å². The molecule has 2 nitrogen and oxygen atoms in total. The summed E-state index contributed by atoms with van der Waals surface area (Å²) in [6.45, 7) is 3.96. The first-order valence-corrected chi connectivity index (χ1v) is 6.37. The second-order valence-corrected chi connectivity index (χ2v) is 4.80. The van der Waals surface area contributed by atoms with Gasteiger partial charge in [0.2, 0.25) is 0 Å². The Hall–Kier alpha value is -0.900. The molecular formula is C12H13ClN2S. The summed E-state index contributed by atoms with van der Waals surface area (Å²) in [5, 5.41) is 4.03. The summed E-state index contributed by atoms with van der Waals surface area (Å²) in [4.78, 5) is 1.25. The zero-order valence-corrected chi connectivity index (χ0v) is 10.6. The van der Waals surface area contributed by atoms with Crippen LogP contribution in [0.4, 0.5) is 0 Å². The van der Waals surface area contributed by atoms with Crippen LogP contribution in [0.15, 0.2) is 30.3 Å². The van der Waals surface area contributed by atoms with E-state index in [1.807, 2.05) is 24.3 Å². The van der Waals surface area contributed by atoms with Crippen LogP contribution in [0, 0.1) is 0 Å². The van der Waals surface area contributed by atoms with E-state index in [0.29, 0.717) is 0 Å². The molecule has 0 saturated carbocycles. The van der Waals surface area contributed by atoms with Crippen molar-refractivity contribution in [3.8, 4) is 11.3 Å². The largest absolute Gasteiger partial charge is 0.312 e. The fourth-order valence-corrected chi connectivity index (χ4v) is 2.32. The standard InChI is InChI=1S/C12H13ClN2S/c1-2-14-8-11-7-12(15-16-11)9-4-3-5-10(13)6-9/h3-7,14H,2,8H2,1H3. The van der Waals surface area contributed by atoms with Gasteiger partial charge in [-0.2, -0.15) is 4.37 Å². The number of hydrogen-bond acceptors (Lipinski definition) is 3. The second-order valence-electron chi connectivity index (χ2n) is 3.47. The number of nitrogens with one attached hydrogen (secondary N) is 1. The molecule has 0 saturated heterocycles. The van der Waals surface area contributed by atoms with Gasteiger partial charge in [0.15, 0.2) is 0 Å². The summed E-state index contributed by atoms with van der Waals surface area (Å²) >= 11 is 7.48. The van der Waals surface area contributed by atoms with Crippen molar-refractivity contribution in [1.82, 2.24) is 9.69 Å². The van der Waals surface area contributed by atoms with Crippen LogP contribution < -0.4 is 5.32 Å². The third-order valence-electron chi connectivity index (χ3n) is 2.23. The zero-order valence-electron chi connectivity index (χ0n) is 9.03. The third-order valence-corrected chi connectivity index (χ3v) is 3.25. The van der Waals surface area contributed by atoms with Crippen LogP contribution in [0.2, 0.25) is 5.02 Å². The highest BCUT2D eigenvalue weighted by molar-refractivity contribution is 7.06. The molecule has 0 aliphatic heterocycles. The molecule has 2 aromatic rings. The smallest absolute Gasteiger partial charge is 0.0844 e. The molecular weight excluding hydrogens is 240 g/mol. The van der Waals surface area contributed by atoms with E-state index in [1.165, 1.54) is 16.4 Å². The summed E-state index contributed by atoms with van der Waals surface area (Å²) < 4.78 is 4.42. The van der Waals surface area contributed by atoms with Crippen molar-refractivity contribution in [1.29, 1.82) is 0 Å². The van der Waals surface area contributed by atoms with Crippen molar-refractivity contribution in [2.75, 3.05) is 6.54 Å². The molecule has 0 fully saturated rings. The highest BCUT2D eigenvalue weighted by Crippen LogP contribution is 2.24. The first kappa shape index (κ1) is 11.6. The van der Waals surface area contributed by atoms with Crippen LogP contribution in [-0.2, 0) is 6.54 Å². The zero-order chi connectivity index (χ0) is 11.4. The Kier molecular flexibility index (Phi) is 3.93. The molecule has 0 radical (unpaired) electrons. The summed E-state index contributed by atoms with van der Waals surface area (Å²) in [6, 6.07) is 9.89. The number of nitrogens with zero attached hydrogens (tertiary/aromatic N) is 1. The Morgan fingerprint density at radius 3 is 3.00 bits per heavy atom. The first-order valence-electron chi connectivity index (χ1n) is 5.22. The highest BCUT2D eigenvalue weighted by atomic mass is 35.5. The minimum atomic E-state index is 0.749. The molecule has 0 aliphatic carbocycles. The molecule has 1 N–H and O–H groups in total. The van der Waals surface area contributed by atoms with E-state index in [4.69, 9.17) is 11.6 Å². The van der Waals surface area contributed by atoms with Crippen LogP contribution in [-0.4, -0.2) is 10.9 Å². The quantitative estimate of drug-likeness (QED) is 0.900. The van der Waals surface area contributed by atoms with Crippen LogP contribution in [0.25, 0.3) is 11.3 Å². The van der Waals surface area contributed by atoms with Crippen LogP contribution in [0.5, 0.6) is 0 Å². The second kappa shape index (κ2) is 5.43. The van der Waals surface area contributed by atoms with E-state index < -0.39 is 0 Å². The monoisotopic (exact) mass is 252 g/mol. The molecule has 1 aromatic carbocycles. The summed E-state index contributed by atoms with van der Waals surface area (Å²) in [6.07, 6.45) is 0. The predicted octanol–water partition coefficient (Wildman–Crippen LogP) is 3.57. The first-order chi connectivity index (χ1) is 7.79. The molecule has 4 heteroatoms. The van der Waals surface area contributed by atoms with Crippen molar-refractivity contribution in [2.24, 2.45) is 0 Å². The molecule has 0 unspecified atom stereocenters. The van der Waals surface area contributed by atoms with Gasteiger partial charge in [0.05, 0.1) is 5.69 Å². The molecule has 16 heavy (non-hydrogen) atoms.